The van der Waals surface area contributed by atoms with Gasteiger partial charge in [-0.1, -0.05) is 48.0 Å². The van der Waals surface area contributed by atoms with Crippen LogP contribution in [-0.4, -0.2) is 83.6 Å². The summed E-state index contributed by atoms with van der Waals surface area (Å²) in [7, 11) is -2.42. The Labute approximate surface area is 367 Å². The van der Waals surface area contributed by atoms with Crippen molar-refractivity contribution in [3.8, 4) is 22.2 Å². The fraction of sp³-hybridized carbons (Fsp3) is 0.523. The zero-order chi connectivity index (χ0) is 46.0. The molecule has 19 heteroatoms. The van der Waals surface area contributed by atoms with Crippen LogP contribution in [0.2, 0.25) is 0 Å². The van der Waals surface area contributed by atoms with Crippen molar-refractivity contribution in [2.75, 3.05) is 19.0 Å². The number of nitrogens with one attached hydrogen (secondary N) is 3. The molecule has 3 aliphatic rings. The minimum Gasteiger partial charge on any atom is -0.496 e. The second-order valence-corrected chi connectivity index (χ2v) is 20.9. The van der Waals surface area contributed by atoms with Gasteiger partial charge in [0, 0.05) is 34.5 Å². The zero-order valence-electron chi connectivity index (χ0n) is 36.3. The Kier molecular flexibility index (Phi) is 12.3. The van der Waals surface area contributed by atoms with Crippen LogP contribution in [-0.2, 0) is 30.6 Å². The van der Waals surface area contributed by atoms with Gasteiger partial charge < -0.3 is 25.0 Å². The molecule has 340 valence electrons. The number of amides is 3. The molecule has 5 atom stereocenters. The van der Waals surface area contributed by atoms with Gasteiger partial charge in [0.25, 0.3) is 5.91 Å². The molecule has 1 saturated heterocycles. The molecule has 7 rings (SSSR count). The molecular weight excluding hydrogens is 865 g/mol. The number of carbonyl (C=O) groups is 3. The predicted molar refractivity (Wildman–Crippen MR) is 230 cm³/mol. The van der Waals surface area contributed by atoms with Gasteiger partial charge in [0.05, 0.1) is 35.7 Å². The normalized spacial score (nSPS) is 21.9. The molecule has 3 N–H and O–H groups in total. The first-order valence-corrected chi connectivity index (χ1v) is 23.3. The van der Waals surface area contributed by atoms with E-state index in [0.717, 1.165) is 17.3 Å². The number of rotatable bonds is 14. The van der Waals surface area contributed by atoms with Crippen molar-refractivity contribution in [3.63, 3.8) is 0 Å². The molecule has 0 radical (unpaired) electrons. The van der Waals surface area contributed by atoms with E-state index in [9.17, 15) is 40.4 Å². The highest BCUT2D eigenvalue weighted by Gasteiger charge is 2.62. The van der Waals surface area contributed by atoms with E-state index in [1.54, 1.807) is 46.1 Å². The number of alkyl halides is 3. The minimum atomic E-state index is -4.88. The van der Waals surface area contributed by atoms with Crippen molar-refractivity contribution in [1.82, 2.24) is 24.9 Å². The number of halogens is 4. The Hall–Kier alpha value is -5.04. The average molecular weight is 917 g/mol. The first kappa shape index (κ1) is 46.0. The van der Waals surface area contributed by atoms with E-state index in [1.165, 1.54) is 16.2 Å². The number of benzene rings is 2. The number of pyridine rings is 1. The third-order valence-electron chi connectivity index (χ3n) is 12.0. The molecule has 2 aliphatic carbocycles. The van der Waals surface area contributed by atoms with Crippen LogP contribution in [0.5, 0.6) is 11.5 Å². The summed E-state index contributed by atoms with van der Waals surface area (Å²) in [5, 5.41) is 8.17. The SMILES string of the molecule is CCC1C[C@]1(NC(=O)[C@@H]1C[C@@H](Oc2cc(-c3nc(C(C)C)cs3)nc3c(C)c(OC)ccc23)CN1C(=O)[C@@H](Nc1cc(F)cc(C(F)(F)F)c1)C(C)(C)C)C(=O)NS(=O)(=O)C1CC1. The Bertz CT molecular complexity index is 2560. The van der Waals surface area contributed by atoms with Gasteiger partial charge in [-0.05, 0) is 73.8 Å². The number of methoxy groups -OCH3 is 1. The molecule has 3 amide bonds. The summed E-state index contributed by atoms with van der Waals surface area (Å²) in [4.78, 5) is 54.3. The predicted octanol–water partition coefficient (Wildman–Crippen LogP) is 7.73. The smallest absolute Gasteiger partial charge is 0.416 e. The maximum atomic E-state index is 14.9. The molecule has 2 aromatic heterocycles. The van der Waals surface area contributed by atoms with Gasteiger partial charge >= 0.3 is 6.18 Å². The standard InChI is InChI=1S/C44H52F4N6O7S2/c1-9-24-19-43(24,41(57)53-63(58,59)29-10-11-29)52-38(55)33-17-28(20-54(33)40(56)37(42(5,6)7)49-27-15-25(44(46,47)48)14-26(45)16-27)61-35-18-31(39-51-32(21-62-39)22(2)3)50-36-23(4)34(60-8)13-12-30(35)36/h12-16,18,21-22,24,28-29,33,37,49H,9-11,17,19-20H2,1-8H3,(H,52,55)(H,53,57)/t24?,28-,33+,37-,43-/m1/s1. The number of hydrogen-bond acceptors (Lipinski definition) is 11. The molecule has 3 heterocycles. The van der Waals surface area contributed by atoms with E-state index in [1.807, 2.05) is 33.1 Å². The maximum Gasteiger partial charge on any atom is 0.416 e. The van der Waals surface area contributed by atoms with E-state index in [2.05, 4.69) is 15.4 Å². The number of sulfonamides is 1. The highest BCUT2D eigenvalue weighted by molar-refractivity contribution is 7.91. The Morgan fingerprint density at radius 3 is 2.35 bits per heavy atom. The van der Waals surface area contributed by atoms with Crippen LogP contribution >= 0.6 is 11.3 Å². The number of fused-ring (bicyclic) bond motifs is 1. The zero-order valence-corrected chi connectivity index (χ0v) is 37.9. The molecule has 3 fully saturated rings. The van der Waals surface area contributed by atoms with Crippen LogP contribution in [0.15, 0.2) is 41.8 Å². The number of anilines is 1. The lowest BCUT2D eigenvalue weighted by molar-refractivity contribution is -0.141. The second-order valence-electron chi connectivity index (χ2n) is 18.1. The van der Waals surface area contributed by atoms with Crippen molar-refractivity contribution < 1.29 is 49.8 Å². The molecule has 1 aliphatic heterocycles. The van der Waals surface area contributed by atoms with E-state index in [4.69, 9.17) is 19.4 Å². The summed E-state index contributed by atoms with van der Waals surface area (Å²) < 4.78 is 96.2. The number of nitrogens with zero attached hydrogens (tertiary/aromatic N) is 3. The van der Waals surface area contributed by atoms with Crippen molar-refractivity contribution in [2.45, 2.75) is 122 Å². The van der Waals surface area contributed by atoms with E-state index < -0.39 is 85.6 Å². The number of thiazole rings is 1. The van der Waals surface area contributed by atoms with Crippen LogP contribution < -0.4 is 24.8 Å². The molecule has 0 spiro atoms. The van der Waals surface area contributed by atoms with Gasteiger partial charge in [-0.3, -0.25) is 19.1 Å². The van der Waals surface area contributed by atoms with Crippen LogP contribution in [0.25, 0.3) is 21.6 Å². The lowest BCUT2D eigenvalue weighted by atomic mass is 9.85. The largest absolute Gasteiger partial charge is 0.496 e. The molecular formula is C44H52F4N6O7S2. The third-order valence-corrected chi connectivity index (χ3v) is 14.7. The minimum absolute atomic E-state index is 0.0927. The lowest BCUT2D eigenvalue weighted by Crippen LogP contribution is -2.58. The number of ether oxygens (including phenoxy) is 2. The van der Waals surface area contributed by atoms with E-state index in [-0.39, 0.29) is 31.0 Å². The van der Waals surface area contributed by atoms with Gasteiger partial charge in [0.1, 0.15) is 51.7 Å². The fourth-order valence-corrected chi connectivity index (χ4v) is 10.4. The second kappa shape index (κ2) is 16.8. The van der Waals surface area contributed by atoms with Gasteiger partial charge in [-0.15, -0.1) is 11.3 Å². The van der Waals surface area contributed by atoms with Crippen molar-refractivity contribution in [2.24, 2.45) is 11.3 Å². The Morgan fingerprint density at radius 1 is 1.05 bits per heavy atom. The van der Waals surface area contributed by atoms with E-state index >= 15 is 0 Å². The molecule has 4 aromatic rings. The number of aromatic nitrogens is 2. The number of carbonyl (C=O) groups excluding carboxylic acids is 3. The number of hydrogen-bond donors (Lipinski definition) is 3. The quantitative estimate of drug-likeness (QED) is 0.107. The van der Waals surface area contributed by atoms with Crippen LogP contribution in [0, 0.1) is 24.1 Å². The molecule has 2 saturated carbocycles. The molecule has 0 bridgehead atoms. The van der Waals surface area contributed by atoms with Gasteiger partial charge in [-0.2, -0.15) is 13.2 Å². The summed E-state index contributed by atoms with van der Waals surface area (Å²) in [6.45, 7) is 12.6. The summed E-state index contributed by atoms with van der Waals surface area (Å²) >= 11 is 1.42. The summed E-state index contributed by atoms with van der Waals surface area (Å²) in [5.74, 6) is -2.74. The third kappa shape index (κ3) is 9.45. The molecule has 1 unspecified atom stereocenters. The first-order chi connectivity index (χ1) is 29.4. The maximum absolute atomic E-state index is 14.9. The van der Waals surface area contributed by atoms with Crippen molar-refractivity contribution >= 4 is 55.7 Å². The van der Waals surface area contributed by atoms with Crippen molar-refractivity contribution in [1.29, 1.82) is 0 Å². The highest BCUT2D eigenvalue weighted by Crippen LogP contribution is 2.47. The van der Waals surface area contributed by atoms with Crippen LogP contribution in [0.4, 0.5) is 23.2 Å². The number of likely N-dealkylation sites (tertiary alicyclic amines) is 1. The Balaban J connectivity index is 1.26. The van der Waals surface area contributed by atoms with E-state index in [0.29, 0.717) is 64.5 Å². The van der Waals surface area contributed by atoms with Gasteiger partial charge in [-0.25, -0.2) is 22.8 Å². The highest BCUT2D eigenvalue weighted by atomic mass is 32.2. The average Bonchev–Trinajstić information content (AvgIpc) is 4.08. The van der Waals surface area contributed by atoms with Gasteiger partial charge in [0.15, 0.2) is 0 Å². The topological polar surface area (TPSA) is 169 Å². The molecule has 2 aromatic carbocycles. The first-order valence-electron chi connectivity index (χ1n) is 20.9. The number of aryl methyl sites for hydroxylation is 1. The summed E-state index contributed by atoms with van der Waals surface area (Å²) in [6, 6.07) is 4.63. The monoisotopic (exact) mass is 916 g/mol. The summed E-state index contributed by atoms with van der Waals surface area (Å²) in [6.07, 6.45) is -4.39. The lowest BCUT2D eigenvalue weighted by Gasteiger charge is -2.36. The van der Waals surface area contributed by atoms with Crippen LogP contribution in [0.1, 0.15) is 96.4 Å². The molecule has 13 nitrogen and oxygen atoms in total. The summed E-state index contributed by atoms with van der Waals surface area (Å²) in [5.41, 5.74) is -1.43. The van der Waals surface area contributed by atoms with Gasteiger partial charge in [0.2, 0.25) is 21.8 Å². The van der Waals surface area contributed by atoms with Crippen molar-refractivity contribution in [3.05, 3.63) is 64.4 Å². The Morgan fingerprint density at radius 2 is 1.76 bits per heavy atom. The fourth-order valence-electron chi connectivity index (χ4n) is 8.14. The van der Waals surface area contributed by atoms with Crippen LogP contribution in [0.3, 0.4) is 0 Å². The molecule has 63 heavy (non-hydrogen) atoms.